The van der Waals surface area contributed by atoms with Crippen LogP contribution in [0.3, 0.4) is 0 Å². The van der Waals surface area contributed by atoms with Crippen LogP contribution in [0.5, 0.6) is 0 Å². The Morgan fingerprint density at radius 2 is 2.18 bits per heavy atom. The molecular formula is C5H13N3O3. The average Bonchev–Trinajstić information content (AvgIpc) is 1.98. The number of carboxylic acids is 1. The Kier molecular flexibility index (Phi) is 4.71. The molecule has 0 saturated carbocycles. The van der Waals surface area contributed by atoms with Crippen molar-refractivity contribution in [1.82, 2.24) is 5.32 Å². The predicted molar refractivity (Wildman–Crippen MR) is 38.7 cm³/mol. The highest BCUT2D eigenvalue weighted by Gasteiger charge is 2.12. The van der Waals surface area contributed by atoms with E-state index in [1.165, 1.54) is 0 Å². The van der Waals surface area contributed by atoms with Gasteiger partial charge in [-0.3, -0.25) is 10.1 Å². The predicted octanol–water partition coefficient (Wildman–Crippen LogP) is -2.73. The van der Waals surface area contributed by atoms with E-state index >= 15 is 0 Å². The molecule has 0 amide bonds. The third-order valence-electron chi connectivity index (χ3n) is 1.14. The van der Waals surface area contributed by atoms with Crippen LogP contribution in [-0.2, 0) is 4.79 Å². The van der Waals surface area contributed by atoms with Gasteiger partial charge >= 0.3 is 5.97 Å². The first-order valence-electron chi connectivity index (χ1n) is 3.16. The Morgan fingerprint density at radius 1 is 1.64 bits per heavy atom. The second-order valence-corrected chi connectivity index (χ2v) is 2.12. The molecule has 0 radical (unpaired) electrons. The summed E-state index contributed by atoms with van der Waals surface area (Å²) in [7, 11) is 0. The third kappa shape index (κ3) is 4.68. The number of hydrogen-bond donors (Lipinski definition) is 5. The van der Waals surface area contributed by atoms with Crippen molar-refractivity contribution in [1.29, 1.82) is 0 Å². The minimum atomic E-state index is -1.06. The van der Waals surface area contributed by atoms with Gasteiger partial charge in [0, 0.05) is 6.54 Å². The van der Waals surface area contributed by atoms with Gasteiger partial charge in [0.05, 0.1) is 12.6 Å². The highest BCUT2D eigenvalue weighted by atomic mass is 16.4. The van der Waals surface area contributed by atoms with Crippen LogP contribution in [0.1, 0.15) is 0 Å². The molecule has 66 valence electrons. The zero-order valence-corrected chi connectivity index (χ0v) is 6.03. The first-order valence-corrected chi connectivity index (χ1v) is 3.16. The Labute approximate surface area is 64.2 Å². The summed E-state index contributed by atoms with van der Waals surface area (Å²) in [6.07, 6.45) is -1.06. The number of rotatable bonds is 5. The summed E-state index contributed by atoms with van der Waals surface area (Å²) in [5, 5.41) is 19.4. The second kappa shape index (κ2) is 5.03. The normalized spacial score (nSPS) is 15.9. The SMILES string of the molecule is NCC(N)C(O)NCC(=O)O. The van der Waals surface area contributed by atoms with Crippen molar-refractivity contribution >= 4 is 5.97 Å². The van der Waals surface area contributed by atoms with Crippen LogP contribution in [-0.4, -0.2) is 41.5 Å². The number of carboxylic acid groups (broad SMARTS) is 1. The van der Waals surface area contributed by atoms with Crippen molar-refractivity contribution in [2.75, 3.05) is 13.1 Å². The van der Waals surface area contributed by atoms with Gasteiger partial charge in [0.2, 0.25) is 0 Å². The van der Waals surface area contributed by atoms with Gasteiger partial charge in [0.25, 0.3) is 0 Å². The molecule has 0 fully saturated rings. The summed E-state index contributed by atoms with van der Waals surface area (Å²) in [5.74, 6) is -1.05. The van der Waals surface area contributed by atoms with E-state index in [0.717, 1.165) is 0 Å². The van der Waals surface area contributed by atoms with Crippen LogP contribution in [0.25, 0.3) is 0 Å². The van der Waals surface area contributed by atoms with Crippen LogP contribution in [0.4, 0.5) is 0 Å². The van der Waals surface area contributed by atoms with E-state index in [1.54, 1.807) is 0 Å². The van der Waals surface area contributed by atoms with E-state index in [-0.39, 0.29) is 13.1 Å². The molecule has 0 heterocycles. The minimum absolute atomic E-state index is 0.105. The molecule has 0 saturated heterocycles. The lowest BCUT2D eigenvalue weighted by molar-refractivity contribution is -0.136. The molecule has 0 aromatic carbocycles. The van der Waals surface area contributed by atoms with Crippen molar-refractivity contribution in [3.8, 4) is 0 Å². The van der Waals surface area contributed by atoms with E-state index < -0.39 is 18.2 Å². The van der Waals surface area contributed by atoms with E-state index in [2.05, 4.69) is 5.32 Å². The van der Waals surface area contributed by atoms with Crippen LogP contribution in [0.2, 0.25) is 0 Å². The fraction of sp³-hybridized carbons (Fsp3) is 0.800. The number of hydrogen-bond acceptors (Lipinski definition) is 5. The monoisotopic (exact) mass is 163 g/mol. The molecule has 0 bridgehead atoms. The Hall–Kier alpha value is -0.690. The molecule has 0 rings (SSSR count). The van der Waals surface area contributed by atoms with Gasteiger partial charge in [0.15, 0.2) is 0 Å². The van der Waals surface area contributed by atoms with Gasteiger partial charge in [-0.2, -0.15) is 0 Å². The molecule has 2 unspecified atom stereocenters. The van der Waals surface area contributed by atoms with Crippen molar-refractivity contribution in [2.45, 2.75) is 12.3 Å². The fourth-order valence-electron chi connectivity index (χ4n) is 0.472. The molecule has 0 aliphatic carbocycles. The summed E-state index contributed by atoms with van der Waals surface area (Å²) in [6, 6.07) is -0.630. The van der Waals surface area contributed by atoms with Gasteiger partial charge in [-0.15, -0.1) is 0 Å². The van der Waals surface area contributed by atoms with Crippen LogP contribution in [0.15, 0.2) is 0 Å². The molecular weight excluding hydrogens is 150 g/mol. The summed E-state index contributed by atoms with van der Waals surface area (Å²) < 4.78 is 0. The van der Waals surface area contributed by atoms with E-state index in [4.69, 9.17) is 21.7 Å². The number of nitrogens with one attached hydrogen (secondary N) is 1. The lowest BCUT2D eigenvalue weighted by Gasteiger charge is -2.16. The molecule has 0 aromatic rings. The molecule has 6 nitrogen and oxygen atoms in total. The van der Waals surface area contributed by atoms with Gasteiger partial charge in [-0.05, 0) is 0 Å². The summed E-state index contributed by atoms with van der Waals surface area (Å²) in [5.41, 5.74) is 10.4. The van der Waals surface area contributed by atoms with Crippen LogP contribution < -0.4 is 16.8 Å². The Morgan fingerprint density at radius 3 is 2.55 bits per heavy atom. The number of aliphatic hydroxyl groups is 1. The number of carbonyl (C=O) groups is 1. The van der Waals surface area contributed by atoms with Crippen molar-refractivity contribution in [3.05, 3.63) is 0 Å². The third-order valence-corrected chi connectivity index (χ3v) is 1.14. The molecule has 11 heavy (non-hydrogen) atoms. The van der Waals surface area contributed by atoms with E-state index in [0.29, 0.717) is 0 Å². The largest absolute Gasteiger partial charge is 0.480 e. The summed E-state index contributed by atoms with van der Waals surface area (Å²) in [4.78, 5) is 9.97. The molecule has 0 aliphatic heterocycles. The number of aliphatic hydroxyl groups excluding tert-OH is 1. The van der Waals surface area contributed by atoms with Gasteiger partial charge in [0.1, 0.15) is 6.23 Å². The maximum absolute atomic E-state index is 9.97. The molecule has 0 aromatic heterocycles. The zero-order valence-electron chi connectivity index (χ0n) is 6.03. The van der Waals surface area contributed by atoms with Crippen LogP contribution in [0, 0.1) is 0 Å². The Balaban J connectivity index is 3.51. The van der Waals surface area contributed by atoms with Crippen molar-refractivity contribution < 1.29 is 15.0 Å². The van der Waals surface area contributed by atoms with Gasteiger partial charge in [-0.25, -0.2) is 0 Å². The first-order chi connectivity index (χ1) is 5.07. The highest BCUT2D eigenvalue weighted by Crippen LogP contribution is 1.81. The van der Waals surface area contributed by atoms with Gasteiger partial charge in [-0.1, -0.05) is 0 Å². The highest BCUT2D eigenvalue weighted by molar-refractivity contribution is 5.69. The molecule has 0 spiro atoms. The standard InChI is InChI=1S/C5H13N3O3/c6-1-3(7)5(11)8-2-4(9)10/h3,5,8,11H,1-2,6-7H2,(H,9,10). The number of aliphatic carboxylic acids is 1. The van der Waals surface area contributed by atoms with Crippen LogP contribution >= 0.6 is 0 Å². The van der Waals surface area contributed by atoms with Gasteiger partial charge < -0.3 is 21.7 Å². The van der Waals surface area contributed by atoms with Crippen molar-refractivity contribution in [3.63, 3.8) is 0 Å². The average molecular weight is 163 g/mol. The quantitative estimate of drug-likeness (QED) is 0.280. The molecule has 0 aliphatic rings. The smallest absolute Gasteiger partial charge is 0.317 e. The maximum atomic E-state index is 9.97. The molecule has 2 atom stereocenters. The topological polar surface area (TPSA) is 122 Å². The first kappa shape index (κ1) is 10.3. The second-order valence-electron chi connectivity index (χ2n) is 2.12. The zero-order chi connectivity index (χ0) is 8.85. The fourth-order valence-corrected chi connectivity index (χ4v) is 0.472. The van der Waals surface area contributed by atoms with Crippen molar-refractivity contribution in [2.24, 2.45) is 11.5 Å². The molecule has 6 heteroatoms. The van der Waals surface area contributed by atoms with E-state index in [1.807, 2.05) is 0 Å². The van der Waals surface area contributed by atoms with E-state index in [9.17, 15) is 4.79 Å². The molecule has 7 N–H and O–H groups in total. The lowest BCUT2D eigenvalue weighted by Crippen LogP contribution is -2.50. The summed E-state index contributed by atoms with van der Waals surface area (Å²) >= 11 is 0. The maximum Gasteiger partial charge on any atom is 0.317 e. The number of nitrogens with two attached hydrogens (primary N) is 2. The minimum Gasteiger partial charge on any atom is -0.480 e. The Bertz CT molecular complexity index is 130. The summed E-state index contributed by atoms with van der Waals surface area (Å²) in [6.45, 7) is -0.220. The lowest BCUT2D eigenvalue weighted by atomic mass is 10.3.